The van der Waals surface area contributed by atoms with Gasteiger partial charge in [0.25, 0.3) is 0 Å². The molecule has 0 amide bonds. The van der Waals surface area contributed by atoms with Crippen molar-refractivity contribution in [3.05, 3.63) is 99.8 Å². The van der Waals surface area contributed by atoms with Crippen molar-refractivity contribution in [2.24, 2.45) is 0 Å². The fraction of sp³-hybridized carbons (Fsp3) is 0.133. The third kappa shape index (κ3) is 4.53. The molecule has 0 bridgehead atoms. The van der Waals surface area contributed by atoms with Crippen LogP contribution in [0.4, 0.5) is 0 Å². The predicted octanol–water partition coefficient (Wildman–Crippen LogP) is 6.49. The average molecular weight is 531 g/mol. The van der Waals surface area contributed by atoms with Gasteiger partial charge in [-0.25, -0.2) is 4.79 Å². The maximum Gasteiger partial charge on any atom is 0.338 e. The lowest BCUT2D eigenvalue weighted by Crippen LogP contribution is -2.08. The lowest BCUT2D eigenvalue weighted by Gasteiger charge is -2.16. The van der Waals surface area contributed by atoms with E-state index in [0.29, 0.717) is 44.2 Å². The van der Waals surface area contributed by atoms with Crippen molar-refractivity contribution in [3.63, 3.8) is 0 Å². The molecular weight excluding hydrogens is 508 g/mol. The third-order valence-corrected chi connectivity index (χ3v) is 6.48. The molecule has 38 heavy (non-hydrogen) atoms. The van der Waals surface area contributed by atoms with Crippen LogP contribution in [-0.2, 0) is 11.3 Å². The van der Waals surface area contributed by atoms with Gasteiger partial charge in [0.1, 0.15) is 23.9 Å². The quantitative estimate of drug-likeness (QED) is 0.199. The SMILES string of the molecule is COc1ccc(/C=C2\Oc3c(c(COC(=O)c4ccccc4)cc4c(OC)cc(Cl)c(OC)c34)C2=O)cc1. The molecule has 4 aromatic carbocycles. The standard InChI is InChI=1S/C30H23ClO7/c1-34-20-11-9-17(10-12-20)13-24-27(32)25-19(16-37-30(33)18-7-5-4-6-8-18)14-21-23(35-2)15-22(31)28(36-3)26(21)29(25)38-24/h4-15H,16H2,1-3H3/b24-13-. The van der Waals surface area contributed by atoms with Crippen molar-refractivity contribution in [1.82, 2.24) is 0 Å². The molecule has 0 radical (unpaired) electrons. The Kier molecular flexibility index (Phi) is 6.94. The molecule has 0 spiro atoms. The average Bonchev–Trinajstić information content (AvgIpc) is 3.27. The van der Waals surface area contributed by atoms with Crippen LogP contribution in [0.2, 0.25) is 5.02 Å². The van der Waals surface area contributed by atoms with Gasteiger partial charge in [-0.3, -0.25) is 4.79 Å². The van der Waals surface area contributed by atoms with Crippen LogP contribution in [0.15, 0.2) is 72.5 Å². The minimum atomic E-state index is -0.513. The molecule has 0 atom stereocenters. The minimum Gasteiger partial charge on any atom is -0.497 e. The molecule has 0 aliphatic carbocycles. The van der Waals surface area contributed by atoms with Gasteiger partial charge in [-0.1, -0.05) is 41.9 Å². The summed E-state index contributed by atoms with van der Waals surface area (Å²) in [6.07, 6.45) is 1.64. The summed E-state index contributed by atoms with van der Waals surface area (Å²) in [7, 11) is 4.58. The molecule has 1 aliphatic heterocycles. The number of allylic oxidation sites excluding steroid dienone is 1. The fourth-order valence-electron chi connectivity index (χ4n) is 4.37. The van der Waals surface area contributed by atoms with Crippen LogP contribution in [0.25, 0.3) is 16.8 Å². The van der Waals surface area contributed by atoms with E-state index in [1.165, 1.54) is 14.2 Å². The highest BCUT2D eigenvalue weighted by atomic mass is 35.5. The summed E-state index contributed by atoms with van der Waals surface area (Å²) in [6, 6.07) is 19.2. The minimum absolute atomic E-state index is 0.106. The van der Waals surface area contributed by atoms with Gasteiger partial charge in [0.15, 0.2) is 11.5 Å². The Morgan fingerprint density at radius 2 is 1.68 bits per heavy atom. The number of halogens is 1. The first-order valence-corrected chi connectivity index (χ1v) is 12.0. The van der Waals surface area contributed by atoms with E-state index in [-0.39, 0.29) is 29.5 Å². The summed E-state index contributed by atoms with van der Waals surface area (Å²) in [5.41, 5.74) is 1.87. The first-order valence-electron chi connectivity index (χ1n) is 11.7. The number of hydrogen-bond donors (Lipinski definition) is 0. The number of hydrogen-bond acceptors (Lipinski definition) is 7. The first kappa shape index (κ1) is 25.2. The van der Waals surface area contributed by atoms with Gasteiger partial charge in [0.2, 0.25) is 5.78 Å². The largest absolute Gasteiger partial charge is 0.497 e. The Hall–Kier alpha value is -4.49. The summed E-state index contributed by atoms with van der Waals surface area (Å²) in [4.78, 5) is 26.3. The lowest BCUT2D eigenvalue weighted by atomic mass is 9.96. The zero-order chi connectivity index (χ0) is 26.8. The van der Waals surface area contributed by atoms with Crippen LogP contribution >= 0.6 is 11.6 Å². The number of rotatable bonds is 7. The monoisotopic (exact) mass is 530 g/mol. The van der Waals surface area contributed by atoms with E-state index in [4.69, 9.17) is 35.3 Å². The number of esters is 1. The van der Waals surface area contributed by atoms with E-state index in [0.717, 1.165) is 5.56 Å². The summed E-state index contributed by atoms with van der Waals surface area (Å²) >= 11 is 6.49. The number of benzene rings is 4. The van der Waals surface area contributed by atoms with E-state index in [1.54, 1.807) is 61.7 Å². The molecule has 192 valence electrons. The molecule has 8 heteroatoms. The van der Waals surface area contributed by atoms with Crippen molar-refractivity contribution < 1.29 is 33.3 Å². The van der Waals surface area contributed by atoms with Crippen LogP contribution in [0, 0.1) is 0 Å². The Balaban J connectivity index is 1.64. The van der Waals surface area contributed by atoms with Gasteiger partial charge in [0.05, 0.1) is 42.9 Å². The van der Waals surface area contributed by atoms with Gasteiger partial charge in [-0.15, -0.1) is 0 Å². The van der Waals surface area contributed by atoms with Crippen molar-refractivity contribution in [3.8, 4) is 23.0 Å². The molecule has 0 saturated heterocycles. The van der Waals surface area contributed by atoms with Crippen molar-refractivity contribution in [2.75, 3.05) is 21.3 Å². The number of fused-ring (bicyclic) bond motifs is 3. The highest BCUT2D eigenvalue weighted by Gasteiger charge is 2.35. The summed E-state index contributed by atoms with van der Waals surface area (Å²) in [5.74, 6) is 0.974. The van der Waals surface area contributed by atoms with Gasteiger partial charge >= 0.3 is 5.97 Å². The molecule has 5 rings (SSSR count). The number of Topliss-reactive ketones (excluding diaryl/α,β-unsaturated/α-hetero) is 1. The molecule has 1 aliphatic rings. The van der Waals surface area contributed by atoms with E-state index in [1.807, 2.05) is 18.2 Å². The predicted molar refractivity (Wildman–Crippen MR) is 144 cm³/mol. The van der Waals surface area contributed by atoms with E-state index >= 15 is 0 Å². The third-order valence-electron chi connectivity index (χ3n) is 6.20. The van der Waals surface area contributed by atoms with Crippen LogP contribution in [0.1, 0.15) is 31.8 Å². The zero-order valence-corrected chi connectivity index (χ0v) is 21.6. The second-order valence-electron chi connectivity index (χ2n) is 8.41. The highest BCUT2D eigenvalue weighted by Crippen LogP contribution is 2.50. The Morgan fingerprint density at radius 1 is 0.947 bits per heavy atom. The van der Waals surface area contributed by atoms with Crippen LogP contribution in [-0.4, -0.2) is 33.1 Å². The van der Waals surface area contributed by atoms with Crippen LogP contribution < -0.4 is 18.9 Å². The summed E-state index contributed by atoms with van der Waals surface area (Å²) in [6.45, 7) is -0.162. The van der Waals surface area contributed by atoms with Crippen molar-refractivity contribution in [2.45, 2.75) is 6.61 Å². The highest BCUT2D eigenvalue weighted by molar-refractivity contribution is 6.34. The first-order chi connectivity index (χ1) is 18.4. The fourth-order valence-corrected chi connectivity index (χ4v) is 4.64. The molecule has 0 saturated carbocycles. The normalized spacial score (nSPS) is 13.3. The second kappa shape index (κ2) is 10.5. The lowest BCUT2D eigenvalue weighted by molar-refractivity contribution is 0.0471. The smallest absolute Gasteiger partial charge is 0.338 e. The van der Waals surface area contributed by atoms with E-state index < -0.39 is 5.97 Å². The van der Waals surface area contributed by atoms with E-state index in [9.17, 15) is 9.59 Å². The number of methoxy groups -OCH3 is 3. The van der Waals surface area contributed by atoms with E-state index in [2.05, 4.69) is 0 Å². The van der Waals surface area contributed by atoms with Crippen LogP contribution in [0.5, 0.6) is 23.0 Å². The van der Waals surface area contributed by atoms with Gasteiger partial charge in [-0.05, 0) is 42.0 Å². The number of ketones is 1. The Bertz CT molecular complexity index is 1570. The number of ether oxygens (including phenoxy) is 5. The molecule has 0 unspecified atom stereocenters. The molecule has 7 nitrogen and oxygen atoms in total. The summed E-state index contributed by atoms with van der Waals surface area (Å²) in [5, 5.41) is 1.37. The molecule has 0 N–H and O–H groups in total. The molecular formula is C30H23ClO7. The Morgan fingerprint density at radius 3 is 2.34 bits per heavy atom. The van der Waals surface area contributed by atoms with Gasteiger partial charge < -0.3 is 23.7 Å². The van der Waals surface area contributed by atoms with Crippen molar-refractivity contribution >= 4 is 40.2 Å². The number of carbonyl (C=O) groups excluding carboxylic acids is 2. The van der Waals surface area contributed by atoms with Gasteiger partial charge in [0, 0.05) is 17.0 Å². The van der Waals surface area contributed by atoms with Crippen molar-refractivity contribution in [1.29, 1.82) is 0 Å². The summed E-state index contributed by atoms with van der Waals surface area (Å²) < 4.78 is 28.1. The maximum atomic E-state index is 13.7. The molecule has 4 aromatic rings. The van der Waals surface area contributed by atoms with Gasteiger partial charge in [-0.2, -0.15) is 0 Å². The molecule has 1 heterocycles. The zero-order valence-electron chi connectivity index (χ0n) is 20.9. The topological polar surface area (TPSA) is 80.3 Å². The van der Waals surface area contributed by atoms with Crippen LogP contribution in [0.3, 0.4) is 0 Å². The second-order valence-corrected chi connectivity index (χ2v) is 8.82. The molecule has 0 aromatic heterocycles. The molecule has 0 fully saturated rings. The number of carbonyl (C=O) groups is 2. The maximum absolute atomic E-state index is 13.7. The Labute approximate surface area is 224 Å².